The van der Waals surface area contributed by atoms with Crippen molar-refractivity contribution in [1.82, 2.24) is 15.5 Å². The number of anilines is 1. The lowest BCUT2D eigenvalue weighted by Crippen LogP contribution is -2.38. The number of rotatable bonds is 4. The van der Waals surface area contributed by atoms with E-state index in [9.17, 15) is 14.0 Å². The smallest absolute Gasteiger partial charge is 0.241 e. The first-order valence-corrected chi connectivity index (χ1v) is 7.32. The fourth-order valence-corrected chi connectivity index (χ4v) is 2.53. The summed E-state index contributed by atoms with van der Waals surface area (Å²) in [5.41, 5.74) is 0.762. The summed E-state index contributed by atoms with van der Waals surface area (Å²) < 4.78 is 13.9. The lowest BCUT2D eigenvalue weighted by atomic mass is 10.1. The van der Waals surface area contributed by atoms with Crippen LogP contribution >= 0.6 is 0 Å². The Bertz CT molecular complexity index is 780. The molecule has 1 saturated carbocycles. The van der Waals surface area contributed by atoms with Crippen LogP contribution in [0.1, 0.15) is 18.4 Å². The molecule has 6 nitrogen and oxygen atoms in total. The number of hydrogen-bond donors (Lipinski definition) is 3. The Hall–Kier alpha value is -2.70. The van der Waals surface area contributed by atoms with Gasteiger partial charge >= 0.3 is 0 Å². The molecular formula is C16H17FN4O2. The van der Waals surface area contributed by atoms with Crippen LogP contribution < -0.4 is 10.6 Å². The quantitative estimate of drug-likeness (QED) is 0.754. The molecule has 1 aromatic heterocycles. The van der Waals surface area contributed by atoms with Gasteiger partial charge in [-0.15, -0.1) is 0 Å². The Morgan fingerprint density at radius 1 is 1.26 bits per heavy atom. The van der Waals surface area contributed by atoms with Gasteiger partial charge in [-0.1, -0.05) is 11.6 Å². The van der Waals surface area contributed by atoms with Crippen LogP contribution in [0.15, 0.2) is 24.3 Å². The van der Waals surface area contributed by atoms with E-state index in [4.69, 9.17) is 0 Å². The third-order valence-electron chi connectivity index (χ3n) is 4.08. The number of aromatic nitrogens is 2. The summed E-state index contributed by atoms with van der Waals surface area (Å²) in [6, 6.07) is 6.31. The van der Waals surface area contributed by atoms with Crippen LogP contribution in [0.5, 0.6) is 0 Å². The Morgan fingerprint density at radius 3 is 2.65 bits per heavy atom. The van der Waals surface area contributed by atoms with Crippen molar-refractivity contribution in [1.29, 1.82) is 0 Å². The van der Waals surface area contributed by atoms with Crippen molar-refractivity contribution >= 4 is 17.6 Å². The maximum absolute atomic E-state index is 13.9. The molecule has 1 aliphatic carbocycles. The summed E-state index contributed by atoms with van der Waals surface area (Å²) >= 11 is 0. The van der Waals surface area contributed by atoms with Crippen molar-refractivity contribution in [3.8, 4) is 11.3 Å². The van der Waals surface area contributed by atoms with E-state index < -0.39 is 5.41 Å². The van der Waals surface area contributed by atoms with Gasteiger partial charge in [-0.2, -0.15) is 5.10 Å². The first-order chi connectivity index (χ1) is 11.0. The molecule has 0 radical (unpaired) electrons. The van der Waals surface area contributed by atoms with Crippen LogP contribution in [0.25, 0.3) is 11.3 Å². The van der Waals surface area contributed by atoms with Gasteiger partial charge in [0.2, 0.25) is 11.8 Å². The average molecular weight is 316 g/mol. The predicted octanol–water partition coefficient (Wildman–Crippen LogP) is 1.99. The second-order valence-corrected chi connectivity index (χ2v) is 5.77. The molecule has 0 atom stereocenters. The summed E-state index contributed by atoms with van der Waals surface area (Å²) in [4.78, 5) is 24.1. The molecule has 2 amide bonds. The molecule has 0 spiro atoms. The molecule has 1 heterocycles. The number of benzene rings is 1. The second-order valence-electron chi connectivity index (χ2n) is 5.77. The number of carbonyl (C=O) groups excluding carboxylic acids is 2. The van der Waals surface area contributed by atoms with E-state index in [-0.39, 0.29) is 23.4 Å². The molecule has 1 aromatic carbocycles. The number of H-pyrrole nitrogens is 1. The van der Waals surface area contributed by atoms with Crippen molar-refractivity contribution in [2.45, 2.75) is 19.8 Å². The highest BCUT2D eigenvalue weighted by atomic mass is 19.1. The Morgan fingerprint density at radius 2 is 2.00 bits per heavy atom. The van der Waals surface area contributed by atoms with Crippen LogP contribution in [0.3, 0.4) is 0 Å². The van der Waals surface area contributed by atoms with E-state index in [1.807, 2.05) is 6.92 Å². The maximum Gasteiger partial charge on any atom is 0.241 e. The molecule has 2 aromatic rings. The van der Waals surface area contributed by atoms with Gasteiger partial charge in [-0.3, -0.25) is 14.7 Å². The highest BCUT2D eigenvalue weighted by Crippen LogP contribution is 2.46. The topological polar surface area (TPSA) is 86.9 Å². The zero-order chi connectivity index (χ0) is 16.6. The third-order valence-corrected chi connectivity index (χ3v) is 4.08. The first-order valence-electron chi connectivity index (χ1n) is 7.32. The van der Waals surface area contributed by atoms with Gasteiger partial charge in [0.05, 0.1) is 5.69 Å². The predicted molar refractivity (Wildman–Crippen MR) is 83.1 cm³/mol. The maximum atomic E-state index is 13.9. The van der Waals surface area contributed by atoms with Gasteiger partial charge in [-0.05, 0) is 31.9 Å². The molecule has 0 unspecified atom stereocenters. The molecule has 0 bridgehead atoms. The summed E-state index contributed by atoms with van der Waals surface area (Å²) in [5.74, 6) is -0.794. The molecular weight excluding hydrogens is 299 g/mol. The minimum Gasteiger partial charge on any atom is -0.358 e. The first kappa shape index (κ1) is 15.2. The molecule has 1 aliphatic rings. The summed E-state index contributed by atoms with van der Waals surface area (Å²) in [6.45, 7) is 1.86. The second kappa shape index (κ2) is 5.49. The van der Waals surface area contributed by atoms with Crippen molar-refractivity contribution in [3.05, 3.63) is 35.6 Å². The highest BCUT2D eigenvalue weighted by molar-refractivity contribution is 6.12. The van der Waals surface area contributed by atoms with Crippen LogP contribution in [0, 0.1) is 18.2 Å². The zero-order valence-corrected chi connectivity index (χ0v) is 12.9. The monoisotopic (exact) mass is 316 g/mol. The van der Waals surface area contributed by atoms with Gasteiger partial charge in [0.25, 0.3) is 0 Å². The van der Waals surface area contributed by atoms with Crippen LogP contribution in [0.4, 0.5) is 10.2 Å². The van der Waals surface area contributed by atoms with Crippen LogP contribution in [-0.2, 0) is 9.59 Å². The van der Waals surface area contributed by atoms with Gasteiger partial charge in [0.15, 0.2) is 5.82 Å². The number of aromatic amines is 1. The van der Waals surface area contributed by atoms with Gasteiger partial charge in [-0.25, -0.2) is 4.39 Å². The third kappa shape index (κ3) is 2.69. The number of amides is 2. The van der Waals surface area contributed by atoms with Crippen LogP contribution in [0.2, 0.25) is 0 Å². The molecule has 7 heteroatoms. The summed E-state index contributed by atoms with van der Waals surface area (Å²) in [5, 5.41) is 11.8. The Labute approximate surface area is 132 Å². The molecule has 3 rings (SSSR count). The number of nitrogens with zero attached hydrogens (tertiary/aromatic N) is 1. The molecule has 0 aliphatic heterocycles. The number of nitrogens with one attached hydrogen (secondary N) is 3. The average Bonchev–Trinajstić information content (AvgIpc) is 3.23. The number of halogens is 1. The van der Waals surface area contributed by atoms with E-state index in [2.05, 4.69) is 20.8 Å². The van der Waals surface area contributed by atoms with Crippen molar-refractivity contribution in [2.75, 3.05) is 12.4 Å². The number of carbonyl (C=O) groups is 2. The number of hydrogen-bond acceptors (Lipinski definition) is 3. The molecule has 0 saturated heterocycles. The normalized spacial score (nSPS) is 15.1. The van der Waals surface area contributed by atoms with E-state index in [0.29, 0.717) is 24.1 Å². The fraction of sp³-hybridized carbons (Fsp3) is 0.312. The summed E-state index contributed by atoms with van der Waals surface area (Å²) in [6.07, 6.45) is 1.03. The zero-order valence-electron chi connectivity index (χ0n) is 12.9. The summed E-state index contributed by atoms with van der Waals surface area (Å²) in [7, 11) is 1.50. The van der Waals surface area contributed by atoms with Crippen molar-refractivity contribution in [3.63, 3.8) is 0 Å². The minimum absolute atomic E-state index is 0.265. The van der Waals surface area contributed by atoms with E-state index in [1.165, 1.54) is 13.1 Å². The van der Waals surface area contributed by atoms with Gasteiger partial charge < -0.3 is 10.6 Å². The number of aryl methyl sites for hydroxylation is 1. The molecule has 23 heavy (non-hydrogen) atoms. The molecule has 120 valence electrons. The van der Waals surface area contributed by atoms with Gasteiger partial charge in [0.1, 0.15) is 11.2 Å². The molecule has 1 fully saturated rings. The molecule has 3 N–H and O–H groups in total. The lowest BCUT2D eigenvalue weighted by molar-refractivity contribution is -0.134. The lowest BCUT2D eigenvalue weighted by Gasteiger charge is -2.11. The van der Waals surface area contributed by atoms with Crippen LogP contribution in [-0.4, -0.2) is 29.1 Å². The van der Waals surface area contributed by atoms with E-state index >= 15 is 0 Å². The standard InChI is InChI=1S/C16H17FN4O2/c1-9-3-4-11(17)10(7-9)12-8-13(21-20-12)19-15(23)16(5-6-16)14(22)18-2/h3-4,7-8H,5-6H2,1-2H3,(H,18,22)(H2,19,20,21,23). The van der Waals surface area contributed by atoms with E-state index in [0.717, 1.165) is 5.56 Å². The highest BCUT2D eigenvalue weighted by Gasteiger charge is 2.56. The van der Waals surface area contributed by atoms with Gasteiger partial charge in [0, 0.05) is 18.7 Å². The minimum atomic E-state index is -0.998. The fourth-order valence-electron chi connectivity index (χ4n) is 2.53. The Balaban J connectivity index is 1.79. The van der Waals surface area contributed by atoms with Crippen molar-refractivity contribution < 1.29 is 14.0 Å². The Kier molecular flexibility index (Phi) is 3.63. The largest absolute Gasteiger partial charge is 0.358 e. The van der Waals surface area contributed by atoms with Crippen molar-refractivity contribution in [2.24, 2.45) is 5.41 Å². The SMILES string of the molecule is CNC(=O)C1(C(=O)Nc2cc(-c3cc(C)ccc3F)[nH]n2)CC1. The van der Waals surface area contributed by atoms with E-state index in [1.54, 1.807) is 18.2 Å².